The van der Waals surface area contributed by atoms with E-state index in [1.165, 1.54) is 37.6 Å². The number of hydrogen-bond donors (Lipinski definition) is 1. The van der Waals surface area contributed by atoms with Gasteiger partial charge < -0.3 is 18.8 Å². The monoisotopic (exact) mass is 499 g/mol. The zero-order valence-electron chi connectivity index (χ0n) is 20.7. The Morgan fingerprint density at radius 3 is 2.43 bits per heavy atom. The van der Waals surface area contributed by atoms with Crippen LogP contribution in [0.15, 0.2) is 34.7 Å². The first-order valence-electron chi connectivity index (χ1n) is 11.9. The van der Waals surface area contributed by atoms with Crippen LogP contribution in [-0.4, -0.2) is 58.6 Å². The summed E-state index contributed by atoms with van der Waals surface area (Å²) in [5.74, 6) is 4.21. The molecule has 188 valence electrons. The lowest BCUT2D eigenvalue weighted by molar-refractivity contribution is -0.137. The van der Waals surface area contributed by atoms with Gasteiger partial charge in [-0.2, -0.15) is 0 Å². The lowest BCUT2D eigenvalue weighted by Gasteiger charge is -2.39. The van der Waals surface area contributed by atoms with Crippen molar-refractivity contribution in [1.82, 2.24) is 19.7 Å². The Morgan fingerprint density at radius 1 is 1.06 bits per heavy atom. The first-order valence-corrected chi connectivity index (χ1v) is 13.1. The van der Waals surface area contributed by atoms with Crippen molar-refractivity contribution in [3.8, 4) is 28.8 Å². The first kappa shape index (κ1) is 25.0. The van der Waals surface area contributed by atoms with E-state index in [0.29, 0.717) is 46.7 Å². The fourth-order valence-corrected chi connectivity index (χ4v) is 5.00. The number of carbonyl (C=O) groups is 1. The molecular formula is C25H33N5O4S. The fraction of sp³-hybridized carbons (Fsp3) is 0.480. The molecule has 1 N–H and O–H groups in total. The maximum absolute atomic E-state index is 11.4. The van der Waals surface area contributed by atoms with E-state index >= 15 is 0 Å². The molecule has 0 saturated carbocycles. The first-order chi connectivity index (χ1) is 17.1. The fourth-order valence-electron chi connectivity index (χ4n) is 4.68. The lowest BCUT2D eigenvalue weighted by atomic mass is 9.93. The van der Waals surface area contributed by atoms with Crippen LogP contribution < -0.4 is 14.2 Å². The van der Waals surface area contributed by atoms with Gasteiger partial charge in [0.2, 0.25) is 17.7 Å². The van der Waals surface area contributed by atoms with Gasteiger partial charge in [0.25, 0.3) is 0 Å². The molecule has 2 aromatic heterocycles. The molecule has 3 aromatic rings. The van der Waals surface area contributed by atoms with Crippen molar-refractivity contribution in [2.24, 2.45) is 0 Å². The van der Waals surface area contributed by atoms with Crippen LogP contribution in [0.2, 0.25) is 0 Å². The van der Waals surface area contributed by atoms with Gasteiger partial charge in [0, 0.05) is 25.3 Å². The number of fused-ring (bicyclic) bond motifs is 1. The van der Waals surface area contributed by atoms with Crippen molar-refractivity contribution < 1.29 is 18.7 Å². The van der Waals surface area contributed by atoms with Gasteiger partial charge in [-0.1, -0.05) is 18.0 Å². The smallest absolute Gasteiger partial charge is 0.239 e. The topological polar surface area (TPSA) is 94.6 Å². The molecule has 0 bridgehead atoms. The number of aryl methyl sites for hydroxylation is 1. The number of methoxy groups -OCH3 is 2. The quantitative estimate of drug-likeness (QED) is 0.469. The molecule has 1 amide bonds. The lowest BCUT2D eigenvalue weighted by Crippen LogP contribution is -2.46. The maximum Gasteiger partial charge on any atom is 0.239 e. The molecule has 2 saturated heterocycles. The molecule has 5 rings (SSSR count). The van der Waals surface area contributed by atoms with Gasteiger partial charge >= 0.3 is 0 Å². The summed E-state index contributed by atoms with van der Waals surface area (Å²) in [6.45, 7) is 2.92. The van der Waals surface area contributed by atoms with Crippen LogP contribution in [0.3, 0.4) is 0 Å². The number of ether oxygens (including phenoxy) is 2. The van der Waals surface area contributed by atoms with Crippen LogP contribution in [0.4, 0.5) is 5.95 Å². The third-order valence-electron chi connectivity index (χ3n) is 6.32. The number of para-hydroxylation sites is 1. The summed E-state index contributed by atoms with van der Waals surface area (Å²) < 4.78 is 21.7. The number of amides is 1. The van der Waals surface area contributed by atoms with Crippen molar-refractivity contribution >= 4 is 23.8 Å². The maximum atomic E-state index is 11.4. The van der Waals surface area contributed by atoms with Crippen LogP contribution in [-0.2, 0) is 4.79 Å². The average Bonchev–Trinajstić information content (AvgIpc) is 3.50. The number of furan rings is 1. The molecular weight excluding hydrogens is 466 g/mol. The van der Waals surface area contributed by atoms with Gasteiger partial charge in [0.15, 0.2) is 5.76 Å². The van der Waals surface area contributed by atoms with E-state index < -0.39 is 0 Å². The summed E-state index contributed by atoms with van der Waals surface area (Å²) >= 11 is 1.42. The third kappa shape index (κ3) is 5.42. The molecule has 2 fully saturated rings. The summed E-state index contributed by atoms with van der Waals surface area (Å²) in [6, 6.07) is 9.94. The molecule has 9 nitrogen and oxygen atoms in total. The number of anilines is 1. The number of aromatic nitrogens is 3. The van der Waals surface area contributed by atoms with E-state index in [1.54, 1.807) is 14.2 Å². The van der Waals surface area contributed by atoms with Gasteiger partial charge in [-0.3, -0.25) is 14.1 Å². The van der Waals surface area contributed by atoms with Crippen LogP contribution in [0.1, 0.15) is 44.3 Å². The summed E-state index contributed by atoms with van der Waals surface area (Å²) in [6.07, 6.45) is 8.90. The van der Waals surface area contributed by atoms with E-state index in [2.05, 4.69) is 19.8 Å². The molecule has 2 aliphatic heterocycles. The summed E-state index contributed by atoms with van der Waals surface area (Å²) in [5, 5.41) is 8.51. The Hall–Kier alpha value is -3.14. The minimum Gasteiger partial charge on any atom is -0.494 e. The Bertz CT molecular complexity index is 1120. The highest BCUT2D eigenvalue weighted by Gasteiger charge is 2.29. The second-order valence-electron chi connectivity index (χ2n) is 8.54. The molecule has 10 heteroatoms. The average molecular weight is 500 g/mol. The van der Waals surface area contributed by atoms with Crippen LogP contribution in [0, 0.1) is 6.92 Å². The third-order valence-corrected chi connectivity index (χ3v) is 6.70. The van der Waals surface area contributed by atoms with Gasteiger partial charge in [-0.25, -0.2) is 0 Å². The molecule has 0 radical (unpaired) electrons. The Kier molecular flexibility index (Phi) is 8.22. The van der Waals surface area contributed by atoms with Crippen LogP contribution in [0.5, 0.6) is 11.5 Å². The molecule has 2 aliphatic rings. The van der Waals surface area contributed by atoms with Crippen molar-refractivity contribution in [2.75, 3.05) is 31.7 Å². The summed E-state index contributed by atoms with van der Waals surface area (Å²) in [5.41, 5.74) is 0.702. The second-order valence-corrected chi connectivity index (χ2v) is 9.15. The highest BCUT2D eigenvalue weighted by atomic mass is 32.2. The number of nitrogens with zero attached hydrogens (tertiary/aromatic N) is 4. The minimum atomic E-state index is 0.404. The van der Waals surface area contributed by atoms with Gasteiger partial charge in [0.1, 0.15) is 22.9 Å². The number of hydrogen-bond acceptors (Lipinski definition) is 8. The zero-order chi connectivity index (χ0) is 24.8. The molecule has 1 unspecified atom stereocenters. The minimum absolute atomic E-state index is 0.404. The van der Waals surface area contributed by atoms with Crippen molar-refractivity contribution in [3.63, 3.8) is 0 Å². The molecule has 0 aliphatic carbocycles. The Balaban J connectivity index is 0.000000218. The largest absolute Gasteiger partial charge is 0.494 e. The van der Waals surface area contributed by atoms with Crippen molar-refractivity contribution in [2.45, 2.75) is 51.5 Å². The molecule has 4 heterocycles. The standard InChI is InChI=1S/C16H18N4O3S.C9H15NO/c1-10-8-9-13(23-10)15-17-18-16(19-24-4)20(15)14-11(21-2)6-5-7-12(14)22-3;11-9-6-3-5-8-4-1-2-7-10(8)9/h5-9H,1-4H3,(H,18,19);8H,1-7H2. The van der Waals surface area contributed by atoms with E-state index in [1.807, 2.05) is 48.1 Å². The van der Waals surface area contributed by atoms with Gasteiger partial charge in [-0.05, 0) is 63.3 Å². The van der Waals surface area contributed by atoms with Crippen molar-refractivity contribution in [3.05, 3.63) is 36.1 Å². The highest BCUT2D eigenvalue weighted by molar-refractivity contribution is 7.99. The number of nitrogens with one attached hydrogen (secondary N) is 1. The summed E-state index contributed by atoms with van der Waals surface area (Å²) in [7, 11) is 3.22. The second kappa shape index (κ2) is 11.5. The summed E-state index contributed by atoms with van der Waals surface area (Å²) in [4.78, 5) is 13.5. The number of rotatable bonds is 6. The number of carbonyl (C=O) groups excluding carboxylic acids is 1. The number of piperidine rings is 2. The Morgan fingerprint density at radius 2 is 1.80 bits per heavy atom. The predicted octanol–water partition coefficient (Wildman–Crippen LogP) is 5.09. The normalized spacial score (nSPS) is 17.3. The molecule has 1 atom stereocenters. The molecule has 0 spiro atoms. The van der Waals surface area contributed by atoms with E-state index in [4.69, 9.17) is 13.9 Å². The van der Waals surface area contributed by atoms with E-state index in [0.717, 1.165) is 25.1 Å². The van der Waals surface area contributed by atoms with E-state index in [-0.39, 0.29) is 0 Å². The SMILES string of the molecule is COc1cccc(OC)c1-n1c(NSC)nnc1-c1ccc(C)o1.O=C1CCCC2CCCCN12. The molecule has 35 heavy (non-hydrogen) atoms. The Labute approximate surface area is 210 Å². The highest BCUT2D eigenvalue weighted by Crippen LogP contribution is 2.38. The van der Waals surface area contributed by atoms with Crippen LogP contribution >= 0.6 is 11.9 Å². The number of benzene rings is 1. The predicted molar refractivity (Wildman–Crippen MR) is 137 cm³/mol. The van der Waals surface area contributed by atoms with E-state index in [9.17, 15) is 4.79 Å². The van der Waals surface area contributed by atoms with Gasteiger partial charge in [0.05, 0.1) is 14.2 Å². The molecule has 1 aromatic carbocycles. The zero-order valence-corrected chi connectivity index (χ0v) is 21.6. The van der Waals surface area contributed by atoms with Crippen LogP contribution in [0.25, 0.3) is 17.3 Å². The van der Waals surface area contributed by atoms with Crippen molar-refractivity contribution in [1.29, 1.82) is 0 Å². The van der Waals surface area contributed by atoms with Gasteiger partial charge in [-0.15, -0.1) is 10.2 Å².